The molecule has 2 rings (SSSR count). The zero-order valence-electron chi connectivity index (χ0n) is 5.93. The topological polar surface area (TPSA) is 0 Å². The first-order chi connectivity index (χ1) is 4.35. The molecule has 0 aromatic rings. The summed E-state index contributed by atoms with van der Waals surface area (Å²) in [7, 11) is 0. The summed E-state index contributed by atoms with van der Waals surface area (Å²) in [6.07, 6.45) is 11.3. The van der Waals surface area contributed by atoms with Crippen molar-refractivity contribution in [2.24, 2.45) is 11.3 Å². The van der Waals surface area contributed by atoms with E-state index in [1.54, 1.807) is 0 Å². The summed E-state index contributed by atoms with van der Waals surface area (Å²) in [5.41, 5.74) is 0.616. The maximum Gasteiger partial charge on any atom is -0.0112 e. The van der Waals surface area contributed by atoms with Crippen molar-refractivity contribution in [2.45, 2.75) is 26.2 Å². The molecular formula is C9H13. The van der Waals surface area contributed by atoms with Gasteiger partial charge in [-0.05, 0) is 37.0 Å². The van der Waals surface area contributed by atoms with Gasteiger partial charge in [0.15, 0.2) is 0 Å². The van der Waals surface area contributed by atoms with Gasteiger partial charge in [0.05, 0.1) is 0 Å². The van der Waals surface area contributed by atoms with Crippen LogP contribution >= 0.6 is 0 Å². The van der Waals surface area contributed by atoms with Gasteiger partial charge in [0.25, 0.3) is 0 Å². The van der Waals surface area contributed by atoms with Crippen molar-refractivity contribution >= 4 is 0 Å². The van der Waals surface area contributed by atoms with E-state index >= 15 is 0 Å². The monoisotopic (exact) mass is 121 g/mol. The van der Waals surface area contributed by atoms with Crippen molar-refractivity contribution in [2.75, 3.05) is 0 Å². The lowest BCUT2D eigenvalue weighted by atomic mass is 9.85. The molecule has 2 aliphatic rings. The van der Waals surface area contributed by atoms with Gasteiger partial charge in [0.1, 0.15) is 0 Å². The van der Waals surface area contributed by atoms with E-state index in [9.17, 15) is 0 Å². The van der Waals surface area contributed by atoms with Gasteiger partial charge in [0.2, 0.25) is 0 Å². The van der Waals surface area contributed by atoms with Crippen LogP contribution in [0.25, 0.3) is 0 Å². The van der Waals surface area contributed by atoms with E-state index in [4.69, 9.17) is 0 Å². The molecule has 0 spiro atoms. The molecule has 0 aromatic carbocycles. The number of rotatable bonds is 1. The molecule has 0 aromatic heterocycles. The molecule has 1 saturated carbocycles. The Labute approximate surface area is 57.0 Å². The molecule has 0 heteroatoms. The Hall–Kier alpha value is -0.260. The summed E-state index contributed by atoms with van der Waals surface area (Å²) in [5.74, 6) is 0.838. The lowest BCUT2D eigenvalue weighted by molar-refractivity contribution is 0.394. The summed E-state index contributed by atoms with van der Waals surface area (Å²) in [4.78, 5) is 0. The van der Waals surface area contributed by atoms with E-state index in [1.807, 2.05) is 0 Å². The Kier molecular flexibility index (Phi) is 0.992. The van der Waals surface area contributed by atoms with Gasteiger partial charge in [-0.25, -0.2) is 0 Å². The molecule has 2 atom stereocenters. The van der Waals surface area contributed by atoms with Crippen molar-refractivity contribution in [3.8, 4) is 0 Å². The highest BCUT2D eigenvalue weighted by Gasteiger charge is 2.38. The smallest absolute Gasteiger partial charge is 0.0112 e. The third kappa shape index (κ3) is 0.654. The van der Waals surface area contributed by atoms with E-state index in [0.717, 1.165) is 5.92 Å². The van der Waals surface area contributed by atoms with E-state index in [0.29, 0.717) is 5.41 Å². The Balaban J connectivity index is 2.23. The second-order valence-corrected chi connectivity index (χ2v) is 3.38. The lowest BCUT2D eigenvalue weighted by Gasteiger charge is -2.19. The quantitative estimate of drug-likeness (QED) is 0.468. The predicted molar refractivity (Wildman–Crippen MR) is 38.9 cm³/mol. The highest BCUT2D eigenvalue weighted by molar-refractivity contribution is 5.20. The molecular weight excluding hydrogens is 108 g/mol. The molecule has 2 unspecified atom stereocenters. The van der Waals surface area contributed by atoms with Gasteiger partial charge in [0, 0.05) is 0 Å². The van der Waals surface area contributed by atoms with E-state index < -0.39 is 0 Å². The third-order valence-corrected chi connectivity index (χ3v) is 2.87. The predicted octanol–water partition coefficient (Wildman–Crippen LogP) is 2.57. The molecule has 1 radical (unpaired) electrons. The molecule has 49 valence electrons. The maximum absolute atomic E-state index is 2.46. The molecule has 0 saturated heterocycles. The molecule has 2 aliphatic carbocycles. The summed E-state index contributed by atoms with van der Waals surface area (Å²) in [6, 6.07) is 0. The molecule has 0 amide bonds. The second kappa shape index (κ2) is 1.62. The molecule has 2 bridgehead atoms. The largest absolute Gasteiger partial charge is 0.0845 e. The molecule has 1 fully saturated rings. The normalized spacial score (nSPS) is 46.6. The summed E-state index contributed by atoms with van der Waals surface area (Å²) in [6.45, 7) is 2.30. The van der Waals surface area contributed by atoms with Crippen LogP contribution in [0.4, 0.5) is 0 Å². The van der Waals surface area contributed by atoms with E-state index in [1.165, 1.54) is 19.3 Å². The molecule has 0 nitrogen and oxygen atoms in total. The van der Waals surface area contributed by atoms with Gasteiger partial charge in [-0.1, -0.05) is 19.1 Å². The first-order valence-electron chi connectivity index (χ1n) is 3.87. The number of allylic oxidation sites excluding steroid dienone is 2. The van der Waals surface area contributed by atoms with Crippen molar-refractivity contribution in [1.82, 2.24) is 0 Å². The second-order valence-electron chi connectivity index (χ2n) is 3.38. The van der Waals surface area contributed by atoms with E-state index in [2.05, 4.69) is 25.5 Å². The summed E-state index contributed by atoms with van der Waals surface area (Å²) in [5, 5.41) is 0. The van der Waals surface area contributed by atoms with Crippen LogP contribution in [0.3, 0.4) is 0 Å². The van der Waals surface area contributed by atoms with Crippen LogP contribution in [-0.4, -0.2) is 0 Å². The van der Waals surface area contributed by atoms with Gasteiger partial charge in [-0.2, -0.15) is 0 Å². The van der Waals surface area contributed by atoms with Crippen LogP contribution in [0.1, 0.15) is 26.2 Å². The van der Waals surface area contributed by atoms with Gasteiger partial charge in [-0.15, -0.1) is 0 Å². The Morgan fingerprint density at radius 1 is 1.67 bits per heavy atom. The van der Waals surface area contributed by atoms with Gasteiger partial charge >= 0.3 is 0 Å². The average Bonchev–Trinajstić information content (AvgIpc) is 2.46. The number of hydrogen-bond donors (Lipinski definition) is 0. The summed E-state index contributed by atoms with van der Waals surface area (Å²) < 4.78 is 0. The average molecular weight is 121 g/mol. The van der Waals surface area contributed by atoms with Crippen molar-refractivity contribution in [3.05, 3.63) is 18.6 Å². The zero-order chi connectivity index (χ0) is 6.32. The van der Waals surface area contributed by atoms with Crippen molar-refractivity contribution < 1.29 is 0 Å². The van der Waals surface area contributed by atoms with Crippen LogP contribution in [0.15, 0.2) is 12.2 Å². The highest BCUT2D eigenvalue weighted by Crippen LogP contribution is 2.50. The van der Waals surface area contributed by atoms with Crippen LogP contribution in [0, 0.1) is 17.8 Å². The highest BCUT2D eigenvalue weighted by atomic mass is 14.4. The van der Waals surface area contributed by atoms with Crippen LogP contribution in [-0.2, 0) is 0 Å². The Bertz CT molecular complexity index is 146. The zero-order valence-corrected chi connectivity index (χ0v) is 5.93. The minimum Gasteiger partial charge on any atom is -0.0845 e. The standard InChI is InChI=1S/C9H13/c1-2-9-5-3-8(7-9)4-6-9/h3-5,8H,2,6-7H2,1H3. The lowest BCUT2D eigenvalue weighted by Crippen LogP contribution is -2.08. The minimum absolute atomic E-state index is 0.616. The fourth-order valence-corrected chi connectivity index (χ4v) is 2.04. The molecule has 9 heavy (non-hydrogen) atoms. The number of hydrogen-bond acceptors (Lipinski definition) is 0. The van der Waals surface area contributed by atoms with Gasteiger partial charge in [-0.3, -0.25) is 0 Å². The van der Waals surface area contributed by atoms with Crippen LogP contribution in [0.2, 0.25) is 0 Å². The minimum atomic E-state index is 0.616. The Morgan fingerprint density at radius 3 is 2.78 bits per heavy atom. The van der Waals surface area contributed by atoms with Gasteiger partial charge < -0.3 is 0 Å². The van der Waals surface area contributed by atoms with Crippen LogP contribution < -0.4 is 0 Å². The Morgan fingerprint density at radius 2 is 2.56 bits per heavy atom. The first kappa shape index (κ1) is 5.52. The third-order valence-electron chi connectivity index (χ3n) is 2.87. The first-order valence-corrected chi connectivity index (χ1v) is 3.87. The SMILES string of the molecule is CCC12C=CC([CH]C1)C2. The molecule has 0 N–H and O–H groups in total. The van der Waals surface area contributed by atoms with E-state index in [-0.39, 0.29) is 0 Å². The summed E-state index contributed by atoms with van der Waals surface area (Å²) >= 11 is 0. The van der Waals surface area contributed by atoms with Crippen LogP contribution in [0.5, 0.6) is 0 Å². The fourth-order valence-electron chi connectivity index (χ4n) is 2.04. The molecule has 0 heterocycles. The number of fused-ring (bicyclic) bond motifs is 2. The fraction of sp³-hybridized carbons (Fsp3) is 0.667. The maximum atomic E-state index is 2.46. The van der Waals surface area contributed by atoms with Crippen molar-refractivity contribution in [1.29, 1.82) is 0 Å². The van der Waals surface area contributed by atoms with Crippen molar-refractivity contribution in [3.63, 3.8) is 0 Å². The molecule has 0 aliphatic heterocycles.